The van der Waals surface area contributed by atoms with E-state index in [4.69, 9.17) is 0 Å². The van der Waals surface area contributed by atoms with Gasteiger partial charge >= 0.3 is 0 Å². The van der Waals surface area contributed by atoms with Crippen molar-refractivity contribution >= 4 is 5.69 Å². The number of quaternary nitrogens is 1. The van der Waals surface area contributed by atoms with Crippen molar-refractivity contribution in [3.8, 4) is 0 Å². The van der Waals surface area contributed by atoms with Gasteiger partial charge in [-0.2, -0.15) is 0 Å². The van der Waals surface area contributed by atoms with Crippen LogP contribution in [0.1, 0.15) is 104 Å². The van der Waals surface area contributed by atoms with E-state index in [2.05, 4.69) is 51.1 Å². The first-order valence-electron chi connectivity index (χ1n) is 11.7. The maximum absolute atomic E-state index is 2.35. The molecule has 0 spiro atoms. The Labute approximate surface area is 164 Å². The Morgan fingerprint density at radius 3 is 1.38 bits per heavy atom. The molecule has 0 aliphatic rings. The largest absolute Gasteiger partial charge is 0.292 e. The van der Waals surface area contributed by atoms with Crippen molar-refractivity contribution < 1.29 is 0 Å². The summed E-state index contributed by atoms with van der Waals surface area (Å²) in [4.78, 5) is 0. The molecule has 0 saturated heterocycles. The number of nitrogens with zero attached hydrogens (tertiary/aromatic N) is 1. The molecule has 0 saturated carbocycles. The van der Waals surface area contributed by atoms with Gasteiger partial charge in [-0.25, -0.2) is 0 Å². The molecule has 0 aliphatic heterocycles. The Hall–Kier alpha value is -0.820. The third-order valence-electron chi connectivity index (χ3n) is 6.20. The van der Waals surface area contributed by atoms with Gasteiger partial charge in [0, 0.05) is 0 Å². The molecule has 0 amide bonds. The second kappa shape index (κ2) is 15.3. The molecule has 0 radical (unpaired) electrons. The Kier molecular flexibility index (Phi) is 13.6. The molecular weight excluding hydrogens is 314 g/mol. The molecule has 26 heavy (non-hydrogen) atoms. The molecule has 0 aliphatic carbocycles. The highest BCUT2D eigenvalue weighted by Gasteiger charge is 2.25. The number of hydrogen-bond acceptors (Lipinski definition) is 0. The SMILES string of the molecule is CCCCCCCCCCCCCCC[N+](CC)(CC)c1ccccc1. The number of benzene rings is 1. The van der Waals surface area contributed by atoms with Crippen molar-refractivity contribution in [3.63, 3.8) is 0 Å². The van der Waals surface area contributed by atoms with E-state index in [0.29, 0.717) is 0 Å². The van der Waals surface area contributed by atoms with E-state index in [0.717, 1.165) is 4.48 Å². The standard InChI is InChI=1S/C25H46N/c1-4-7-8-9-10-11-12-13-14-15-16-17-21-24-26(5-2,6-3)25-22-19-18-20-23-25/h18-20,22-23H,4-17,21,24H2,1-3H3/q+1. The Bertz CT molecular complexity index is 407. The summed E-state index contributed by atoms with van der Waals surface area (Å²) in [6, 6.07) is 11.1. The van der Waals surface area contributed by atoms with Gasteiger partial charge in [-0.3, -0.25) is 4.48 Å². The van der Waals surface area contributed by atoms with Gasteiger partial charge in [0.1, 0.15) is 5.69 Å². The number of para-hydroxylation sites is 1. The fourth-order valence-corrected chi connectivity index (χ4v) is 4.21. The number of rotatable bonds is 17. The summed E-state index contributed by atoms with van der Waals surface area (Å²) >= 11 is 0. The van der Waals surface area contributed by atoms with E-state index in [-0.39, 0.29) is 0 Å². The summed E-state index contributed by atoms with van der Waals surface area (Å²) < 4.78 is 1.15. The summed E-state index contributed by atoms with van der Waals surface area (Å²) in [6.07, 6.45) is 18.7. The quantitative estimate of drug-likeness (QED) is 0.194. The van der Waals surface area contributed by atoms with Gasteiger partial charge in [0.15, 0.2) is 0 Å². The highest BCUT2D eigenvalue weighted by Crippen LogP contribution is 2.24. The summed E-state index contributed by atoms with van der Waals surface area (Å²) in [5.41, 5.74) is 1.50. The van der Waals surface area contributed by atoms with Crippen LogP contribution in [0.5, 0.6) is 0 Å². The average molecular weight is 361 g/mol. The zero-order valence-electron chi connectivity index (χ0n) is 18.1. The van der Waals surface area contributed by atoms with Crippen LogP contribution in [-0.2, 0) is 0 Å². The molecule has 0 fully saturated rings. The van der Waals surface area contributed by atoms with Crippen molar-refractivity contribution in [2.75, 3.05) is 19.6 Å². The Morgan fingerprint density at radius 1 is 0.538 bits per heavy atom. The van der Waals surface area contributed by atoms with E-state index in [1.165, 1.54) is 109 Å². The topological polar surface area (TPSA) is 0 Å². The van der Waals surface area contributed by atoms with Crippen LogP contribution in [0, 0.1) is 0 Å². The van der Waals surface area contributed by atoms with Crippen LogP contribution in [0.25, 0.3) is 0 Å². The maximum Gasteiger partial charge on any atom is 0.132 e. The van der Waals surface area contributed by atoms with Crippen LogP contribution in [0.15, 0.2) is 30.3 Å². The van der Waals surface area contributed by atoms with Gasteiger partial charge in [0.05, 0.1) is 19.6 Å². The zero-order valence-corrected chi connectivity index (χ0v) is 18.1. The van der Waals surface area contributed by atoms with Crippen molar-refractivity contribution in [2.45, 2.75) is 104 Å². The molecule has 1 heteroatoms. The second-order valence-electron chi connectivity index (χ2n) is 8.08. The third kappa shape index (κ3) is 9.21. The molecule has 0 unspecified atom stereocenters. The molecule has 1 aromatic carbocycles. The molecule has 0 N–H and O–H groups in total. The van der Waals surface area contributed by atoms with E-state index in [1.54, 1.807) is 0 Å². The minimum atomic E-state index is 1.15. The lowest BCUT2D eigenvalue weighted by molar-refractivity contribution is 0.291. The highest BCUT2D eigenvalue weighted by molar-refractivity contribution is 5.42. The first-order valence-corrected chi connectivity index (χ1v) is 11.7. The minimum Gasteiger partial charge on any atom is -0.292 e. The van der Waals surface area contributed by atoms with Crippen LogP contribution in [0.2, 0.25) is 0 Å². The normalized spacial score (nSPS) is 11.8. The monoisotopic (exact) mass is 360 g/mol. The molecule has 1 aromatic rings. The average Bonchev–Trinajstić information content (AvgIpc) is 2.69. The Balaban J connectivity index is 2.05. The van der Waals surface area contributed by atoms with Crippen LogP contribution in [0.3, 0.4) is 0 Å². The summed E-state index contributed by atoms with van der Waals surface area (Å²) in [6.45, 7) is 10.7. The van der Waals surface area contributed by atoms with E-state index in [9.17, 15) is 0 Å². The van der Waals surface area contributed by atoms with Crippen molar-refractivity contribution in [1.29, 1.82) is 0 Å². The van der Waals surface area contributed by atoms with E-state index in [1.807, 2.05) is 0 Å². The van der Waals surface area contributed by atoms with Crippen molar-refractivity contribution in [1.82, 2.24) is 4.48 Å². The molecule has 1 nitrogen and oxygen atoms in total. The lowest BCUT2D eigenvalue weighted by Crippen LogP contribution is -2.49. The molecular formula is C25H46N+. The fraction of sp³-hybridized carbons (Fsp3) is 0.760. The van der Waals surface area contributed by atoms with Gasteiger partial charge in [-0.15, -0.1) is 0 Å². The second-order valence-corrected chi connectivity index (χ2v) is 8.08. The van der Waals surface area contributed by atoms with Crippen molar-refractivity contribution in [2.24, 2.45) is 0 Å². The fourth-order valence-electron chi connectivity index (χ4n) is 4.21. The summed E-state index contributed by atoms with van der Waals surface area (Å²) in [5, 5.41) is 0. The zero-order chi connectivity index (χ0) is 18.9. The van der Waals surface area contributed by atoms with Gasteiger partial charge in [0.2, 0.25) is 0 Å². The lowest BCUT2D eigenvalue weighted by Gasteiger charge is -2.36. The molecule has 0 bridgehead atoms. The summed E-state index contributed by atoms with van der Waals surface area (Å²) in [5.74, 6) is 0. The van der Waals surface area contributed by atoms with Crippen LogP contribution in [0.4, 0.5) is 5.69 Å². The van der Waals surface area contributed by atoms with E-state index >= 15 is 0 Å². The lowest BCUT2D eigenvalue weighted by atomic mass is 10.0. The smallest absolute Gasteiger partial charge is 0.132 e. The predicted octanol–water partition coefficient (Wildman–Crippen LogP) is 8.12. The molecule has 0 heterocycles. The predicted molar refractivity (Wildman–Crippen MR) is 120 cm³/mol. The van der Waals surface area contributed by atoms with Gasteiger partial charge in [-0.05, 0) is 38.8 Å². The first kappa shape index (κ1) is 23.2. The summed E-state index contributed by atoms with van der Waals surface area (Å²) in [7, 11) is 0. The van der Waals surface area contributed by atoms with E-state index < -0.39 is 0 Å². The molecule has 150 valence electrons. The van der Waals surface area contributed by atoms with Gasteiger partial charge in [-0.1, -0.05) is 95.8 Å². The number of unbranched alkanes of at least 4 members (excludes halogenated alkanes) is 12. The third-order valence-corrected chi connectivity index (χ3v) is 6.20. The maximum atomic E-state index is 2.35. The van der Waals surface area contributed by atoms with Crippen LogP contribution in [-0.4, -0.2) is 19.6 Å². The van der Waals surface area contributed by atoms with Gasteiger partial charge in [0.25, 0.3) is 0 Å². The molecule has 1 rings (SSSR count). The first-order chi connectivity index (χ1) is 12.8. The number of hydrogen-bond donors (Lipinski definition) is 0. The van der Waals surface area contributed by atoms with Gasteiger partial charge < -0.3 is 0 Å². The van der Waals surface area contributed by atoms with Crippen molar-refractivity contribution in [3.05, 3.63) is 30.3 Å². The van der Waals surface area contributed by atoms with Crippen LogP contribution < -0.4 is 4.48 Å². The molecule has 0 atom stereocenters. The molecule has 0 aromatic heterocycles. The highest BCUT2D eigenvalue weighted by atomic mass is 15.3. The Morgan fingerprint density at radius 2 is 0.962 bits per heavy atom. The van der Waals surface area contributed by atoms with Crippen LogP contribution >= 0.6 is 0 Å². The minimum absolute atomic E-state index is 1.15.